The molecule has 6 nitrogen and oxygen atoms in total. The molecule has 29 heavy (non-hydrogen) atoms. The summed E-state index contributed by atoms with van der Waals surface area (Å²) in [5.74, 6) is 1.00. The molecule has 0 atom stereocenters. The molecule has 1 aromatic heterocycles. The van der Waals surface area contributed by atoms with E-state index in [9.17, 15) is 9.18 Å². The fraction of sp³-hybridized carbons (Fsp3) is 0.143. The normalized spacial score (nSPS) is 12.3. The monoisotopic (exact) mass is 458 g/mol. The highest BCUT2D eigenvalue weighted by atomic mass is 79.9. The minimum atomic E-state index is -0.402. The quantitative estimate of drug-likeness (QED) is 0.610. The van der Waals surface area contributed by atoms with Gasteiger partial charge in [0.05, 0.1) is 4.47 Å². The number of carbonyl (C=O) groups excluding carboxylic acids is 1. The summed E-state index contributed by atoms with van der Waals surface area (Å²) in [4.78, 5) is 16.9. The molecular weight excluding hydrogens is 443 g/mol. The maximum Gasteiger partial charge on any atom is 0.257 e. The molecule has 1 aliphatic heterocycles. The Morgan fingerprint density at radius 1 is 1.17 bits per heavy atom. The first-order chi connectivity index (χ1) is 14.1. The summed E-state index contributed by atoms with van der Waals surface area (Å²) in [5.41, 5.74) is 1.06. The average molecular weight is 459 g/mol. The van der Waals surface area contributed by atoms with Gasteiger partial charge in [0.1, 0.15) is 30.3 Å². The molecule has 0 aliphatic carbocycles. The van der Waals surface area contributed by atoms with Crippen LogP contribution in [0.5, 0.6) is 23.1 Å². The first-order valence-electron chi connectivity index (χ1n) is 8.85. The van der Waals surface area contributed by atoms with Gasteiger partial charge in [0.15, 0.2) is 11.5 Å². The topological polar surface area (TPSA) is 69.7 Å². The van der Waals surface area contributed by atoms with Crippen molar-refractivity contribution >= 4 is 21.8 Å². The number of halogens is 2. The molecule has 2 heterocycles. The van der Waals surface area contributed by atoms with Crippen molar-refractivity contribution in [3.8, 4) is 23.1 Å². The van der Waals surface area contributed by atoms with Crippen LogP contribution in [0.25, 0.3) is 0 Å². The van der Waals surface area contributed by atoms with Crippen molar-refractivity contribution in [3.05, 3.63) is 76.1 Å². The van der Waals surface area contributed by atoms with Gasteiger partial charge in [-0.15, -0.1) is 0 Å². The number of fused-ring (bicyclic) bond motifs is 1. The highest BCUT2D eigenvalue weighted by Gasteiger charge is 2.18. The summed E-state index contributed by atoms with van der Waals surface area (Å²) in [7, 11) is 0. The number of nitrogens with zero attached hydrogens (tertiary/aromatic N) is 1. The van der Waals surface area contributed by atoms with Crippen molar-refractivity contribution < 1.29 is 23.4 Å². The maximum absolute atomic E-state index is 13.3. The van der Waals surface area contributed by atoms with Crippen LogP contribution in [-0.2, 0) is 6.54 Å². The van der Waals surface area contributed by atoms with E-state index in [1.54, 1.807) is 12.1 Å². The van der Waals surface area contributed by atoms with E-state index in [1.807, 2.05) is 18.2 Å². The Bertz CT molecular complexity index is 1060. The Labute approximate surface area is 174 Å². The van der Waals surface area contributed by atoms with E-state index in [-0.39, 0.29) is 23.9 Å². The van der Waals surface area contributed by atoms with Crippen LogP contribution in [-0.4, -0.2) is 24.1 Å². The van der Waals surface area contributed by atoms with Crippen LogP contribution in [0.4, 0.5) is 4.39 Å². The molecule has 0 unspecified atom stereocenters. The van der Waals surface area contributed by atoms with Gasteiger partial charge >= 0.3 is 0 Å². The van der Waals surface area contributed by atoms with Gasteiger partial charge in [-0.25, -0.2) is 9.37 Å². The van der Waals surface area contributed by atoms with Crippen molar-refractivity contribution in [3.63, 3.8) is 0 Å². The molecule has 148 valence electrons. The number of benzene rings is 2. The zero-order chi connectivity index (χ0) is 20.2. The second-order valence-corrected chi connectivity index (χ2v) is 7.01. The summed E-state index contributed by atoms with van der Waals surface area (Å²) >= 11 is 3.24. The Morgan fingerprint density at radius 2 is 2.03 bits per heavy atom. The number of hydrogen-bond acceptors (Lipinski definition) is 5. The number of ether oxygens (including phenoxy) is 3. The summed E-state index contributed by atoms with van der Waals surface area (Å²) in [6.45, 7) is 1.21. The SMILES string of the molecule is O=C(NCc1cccc2c1OCCO2)c1cccnc1Oc1ccc(F)cc1Br. The van der Waals surface area contributed by atoms with E-state index in [0.717, 1.165) is 5.56 Å². The van der Waals surface area contributed by atoms with Gasteiger partial charge in [-0.05, 0) is 52.3 Å². The lowest BCUT2D eigenvalue weighted by Gasteiger charge is -2.21. The van der Waals surface area contributed by atoms with E-state index >= 15 is 0 Å². The van der Waals surface area contributed by atoms with E-state index in [1.165, 1.54) is 24.4 Å². The van der Waals surface area contributed by atoms with Gasteiger partial charge in [0, 0.05) is 18.3 Å². The molecule has 0 fully saturated rings. The fourth-order valence-corrected chi connectivity index (χ4v) is 3.28. The number of carbonyl (C=O) groups is 1. The maximum atomic E-state index is 13.3. The first kappa shape index (κ1) is 19.2. The van der Waals surface area contributed by atoms with Crippen LogP contribution in [0.1, 0.15) is 15.9 Å². The highest BCUT2D eigenvalue weighted by Crippen LogP contribution is 2.34. The third-order valence-electron chi connectivity index (χ3n) is 4.20. The number of rotatable bonds is 5. The Kier molecular flexibility index (Phi) is 5.62. The van der Waals surface area contributed by atoms with E-state index in [2.05, 4.69) is 26.2 Å². The highest BCUT2D eigenvalue weighted by molar-refractivity contribution is 9.10. The van der Waals surface area contributed by atoms with Crippen LogP contribution in [0.15, 0.2) is 59.2 Å². The Balaban J connectivity index is 1.51. The fourth-order valence-electron chi connectivity index (χ4n) is 2.85. The second-order valence-electron chi connectivity index (χ2n) is 6.16. The number of amides is 1. The molecule has 2 aromatic carbocycles. The number of aromatic nitrogens is 1. The van der Waals surface area contributed by atoms with Crippen molar-refractivity contribution in [2.75, 3.05) is 13.2 Å². The van der Waals surface area contributed by atoms with Crippen LogP contribution >= 0.6 is 15.9 Å². The summed E-state index contributed by atoms with van der Waals surface area (Å²) in [5, 5.41) is 2.85. The molecule has 4 rings (SSSR count). The first-order valence-corrected chi connectivity index (χ1v) is 9.65. The lowest BCUT2D eigenvalue weighted by atomic mass is 10.1. The van der Waals surface area contributed by atoms with Crippen molar-refractivity contribution in [2.24, 2.45) is 0 Å². The molecule has 0 radical (unpaired) electrons. The average Bonchev–Trinajstić information content (AvgIpc) is 2.74. The molecule has 0 bridgehead atoms. The molecule has 8 heteroatoms. The van der Waals surface area contributed by atoms with Gasteiger partial charge < -0.3 is 19.5 Å². The molecule has 1 amide bonds. The van der Waals surface area contributed by atoms with Gasteiger partial charge in [0.25, 0.3) is 5.91 Å². The van der Waals surface area contributed by atoms with Gasteiger partial charge in [0.2, 0.25) is 5.88 Å². The van der Waals surface area contributed by atoms with E-state index in [4.69, 9.17) is 14.2 Å². The molecule has 1 N–H and O–H groups in total. The number of nitrogens with one attached hydrogen (secondary N) is 1. The van der Waals surface area contributed by atoms with Gasteiger partial charge in [-0.2, -0.15) is 0 Å². The number of hydrogen-bond donors (Lipinski definition) is 1. The van der Waals surface area contributed by atoms with Crippen LogP contribution in [0, 0.1) is 5.82 Å². The predicted molar refractivity (Wildman–Crippen MR) is 107 cm³/mol. The summed E-state index contributed by atoms with van der Waals surface area (Å²) in [6.07, 6.45) is 1.52. The largest absolute Gasteiger partial charge is 0.486 e. The zero-order valence-corrected chi connectivity index (χ0v) is 16.7. The minimum Gasteiger partial charge on any atom is -0.486 e. The molecular formula is C21H16BrFN2O4. The second kappa shape index (κ2) is 8.48. The zero-order valence-electron chi connectivity index (χ0n) is 15.2. The van der Waals surface area contributed by atoms with Gasteiger partial charge in [-0.1, -0.05) is 12.1 Å². The van der Waals surface area contributed by atoms with E-state index in [0.29, 0.717) is 34.9 Å². The van der Waals surface area contributed by atoms with Crippen molar-refractivity contribution in [1.82, 2.24) is 10.3 Å². The molecule has 1 aliphatic rings. The van der Waals surface area contributed by atoms with Crippen LogP contribution in [0.2, 0.25) is 0 Å². The molecule has 0 spiro atoms. The van der Waals surface area contributed by atoms with Crippen LogP contribution < -0.4 is 19.5 Å². The third kappa shape index (κ3) is 4.32. The Hall–Kier alpha value is -3.13. The predicted octanol–water partition coefficient (Wildman–Crippen LogP) is 4.48. The lowest BCUT2D eigenvalue weighted by molar-refractivity contribution is 0.0947. The van der Waals surface area contributed by atoms with Crippen molar-refractivity contribution in [1.29, 1.82) is 0 Å². The van der Waals surface area contributed by atoms with Crippen LogP contribution in [0.3, 0.4) is 0 Å². The lowest BCUT2D eigenvalue weighted by Crippen LogP contribution is -2.25. The smallest absolute Gasteiger partial charge is 0.257 e. The van der Waals surface area contributed by atoms with Crippen molar-refractivity contribution in [2.45, 2.75) is 6.54 Å². The summed E-state index contributed by atoms with van der Waals surface area (Å²) in [6, 6.07) is 12.8. The Morgan fingerprint density at radius 3 is 2.90 bits per heavy atom. The molecule has 0 saturated heterocycles. The number of pyridine rings is 1. The number of para-hydroxylation sites is 1. The van der Waals surface area contributed by atoms with E-state index < -0.39 is 5.82 Å². The summed E-state index contributed by atoms with van der Waals surface area (Å²) < 4.78 is 30.7. The molecule has 0 saturated carbocycles. The molecule has 3 aromatic rings. The standard InChI is InChI=1S/C21H16BrFN2O4/c22-16-11-14(23)6-7-17(16)29-21-15(4-2-8-24-21)20(26)25-12-13-3-1-5-18-19(13)28-10-9-27-18/h1-8,11H,9-10,12H2,(H,25,26). The third-order valence-corrected chi connectivity index (χ3v) is 4.82. The van der Waals surface area contributed by atoms with Gasteiger partial charge in [-0.3, -0.25) is 4.79 Å². The minimum absolute atomic E-state index is 0.118.